The van der Waals surface area contributed by atoms with Crippen molar-refractivity contribution in [2.24, 2.45) is 11.0 Å². The molecule has 2 heterocycles. The van der Waals surface area contributed by atoms with Gasteiger partial charge in [0.15, 0.2) is 0 Å². The van der Waals surface area contributed by atoms with E-state index in [0.717, 1.165) is 31.5 Å². The Hall–Kier alpha value is -2.81. The van der Waals surface area contributed by atoms with E-state index in [1.54, 1.807) is 35.3 Å². The largest absolute Gasteiger partial charge is 0.412 e. The zero-order chi connectivity index (χ0) is 24.9. The summed E-state index contributed by atoms with van der Waals surface area (Å²) in [6.07, 6.45) is 2.78. The van der Waals surface area contributed by atoms with Crippen LogP contribution in [0.1, 0.15) is 44.7 Å². The molecule has 2 aromatic carbocycles. The molecule has 0 spiro atoms. The monoisotopic (exact) mass is 517 g/mol. The van der Waals surface area contributed by atoms with E-state index in [0.29, 0.717) is 33.7 Å². The van der Waals surface area contributed by atoms with Crippen molar-refractivity contribution in [2.45, 2.75) is 39.2 Å². The molecule has 186 valence electrons. The summed E-state index contributed by atoms with van der Waals surface area (Å²) in [4.78, 5) is 25.0. The number of nitrogens with one attached hydrogen (secondary N) is 2. The molecule has 1 saturated heterocycles. The average molecular weight is 518 g/mol. The topological polar surface area (TPSA) is 86.3 Å². The van der Waals surface area contributed by atoms with Gasteiger partial charge in [-0.3, -0.25) is 15.2 Å². The zero-order valence-electron chi connectivity index (χ0n) is 19.8. The van der Waals surface area contributed by atoms with Crippen LogP contribution in [0.15, 0.2) is 47.6 Å². The fourth-order valence-electron chi connectivity index (χ4n) is 4.41. The minimum Gasteiger partial charge on any atom is -0.410 e. The van der Waals surface area contributed by atoms with Gasteiger partial charge >= 0.3 is 6.09 Å². The van der Waals surface area contributed by atoms with Crippen molar-refractivity contribution in [1.29, 1.82) is 0 Å². The fourth-order valence-corrected chi connectivity index (χ4v) is 4.91. The lowest BCUT2D eigenvalue weighted by atomic mass is 9.91. The van der Waals surface area contributed by atoms with Crippen molar-refractivity contribution in [3.8, 4) is 5.75 Å². The number of hydrogen-bond acceptors (Lipinski definition) is 6. The van der Waals surface area contributed by atoms with Crippen LogP contribution >= 0.6 is 23.2 Å². The van der Waals surface area contributed by atoms with Gasteiger partial charge in [-0.15, -0.1) is 0 Å². The molecule has 2 aliphatic rings. The summed E-state index contributed by atoms with van der Waals surface area (Å²) in [6, 6.07) is 12.1. The van der Waals surface area contributed by atoms with Crippen molar-refractivity contribution in [3.05, 3.63) is 58.1 Å². The van der Waals surface area contributed by atoms with Gasteiger partial charge in [-0.05, 0) is 55.7 Å². The van der Waals surface area contributed by atoms with Crippen LogP contribution in [-0.2, 0) is 4.79 Å². The number of hydrazone groups is 1. The first-order valence-corrected chi connectivity index (χ1v) is 12.6. The third-order valence-corrected chi connectivity index (χ3v) is 6.68. The summed E-state index contributed by atoms with van der Waals surface area (Å²) in [6.45, 7) is 5.93. The standard InChI is InChI=1S/C25H29Cl2N5O3/c1-3-28-25(34)35-19-10-7-17(8-11-19)23-16(2)22(24(33)30-31-13-5-4-6-14-31)29-32(23)21-12-9-18(26)15-20(21)27/h7-12,15-16,23H,3-6,13-14H2,1-2H3,(H,28,34)(H,30,33). The van der Waals surface area contributed by atoms with Gasteiger partial charge in [0, 0.05) is 30.6 Å². The van der Waals surface area contributed by atoms with Gasteiger partial charge in [-0.25, -0.2) is 9.80 Å². The van der Waals surface area contributed by atoms with E-state index in [2.05, 4.69) is 10.7 Å². The molecule has 35 heavy (non-hydrogen) atoms. The average Bonchev–Trinajstić information content (AvgIpc) is 3.17. The molecule has 2 atom stereocenters. The Bertz CT molecular complexity index is 1100. The first-order chi connectivity index (χ1) is 16.9. The second-order valence-corrected chi connectivity index (χ2v) is 9.48. The van der Waals surface area contributed by atoms with Crippen molar-refractivity contribution in [2.75, 3.05) is 24.6 Å². The molecular formula is C25H29Cl2N5O3. The second kappa shape index (κ2) is 11.3. The summed E-state index contributed by atoms with van der Waals surface area (Å²) in [5.41, 5.74) is 4.99. The minimum absolute atomic E-state index is 0.215. The number of hydrogen-bond donors (Lipinski definition) is 2. The highest BCUT2D eigenvalue weighted by molar-refractivity contribution is 6.41. The number of halogens is 2. The molecule has 2 unspecified atom stereocenters. The Labute approximate surface area is 215 Å². The van der Waals surface area contributed by atoms with E-state index >= 15 is 0 Å². The highest BCUT2D eigenvalue weighted by Crippen LogP contribution is 2.42. The molecule has 2 aliphatic heterocycles. The van der Waals surface area contributed by atoms with Gasteiger partial charge in [-0.2, -0.15) is 5.10 Å². The maximum Gasteiger partial charge on any atom is 0.412 e. The molecule has 0 saturated carbocycles. The number of piperidine rings is 1. The predicted molar refractivity (Wildman–Crippen MR) is 138 cm³/mol. The zero-order valence-corrected chi connectivity index (χ0v) is 21.3. The van der Waals surface area contributed by atoms with Crippen molar-refractivity contribution < 1.29 is 14.3 Å². The number of amides is 2. The summed E-state index contributed by atoms with van der Waals surface area (Å²) >= 11 is 12.7. The van der Waals surface area contributed by atoms with Crippen LogP contribution in [0.2, 0.25) is 10.0 Å². The van der Waals surface area contributed by atoms with Crippen LogP contribution in [0.3, 0.4) is 0 Å². The molecule has 0 aromatic heterocycles. The number of ether oxygens (including phenoxy) is 1. The Kier molecular flexibility index (Phi) is 8.15. The number of carbonyl (C=O) groups excluding carboxylic acids is 2. The highest BCUT2D eigenvalue weighted by atomic mass is 35.5. The summed E-state index contributed by atoms with van der Waals surface area (Å²) in [5.74, 6) is -0.0275. The molecule has 2 amide bonds. The fraction of sp³-hybridized carbons (Fsp3) is 0.400. The molecule has 2 aromatic rings. The Morgan fingerprint density at radius 1 is 1.09 bits per heavy atom. The molecule has 2 N–H and O–H groups in total. The molecule has 1 fully saturated rings. The smallest absolute Gasteiger partial charge is 0.410 e. The quantitative estimate of drug-likeness (QED) is 0.551. The van der Waals surface area contributed by atoms with E-state index in [1.165, 1.54) is 6.42 Å². The Morgan fingerprint density at radius 2 is 1.80 bits per heavy atom. The van der Waals surface area contributed by atoms with E-state index < -0.39 is 6.09 Å². The van der Waals surface area contributed by atoms with Crippen LogP contribution in [0.4, 0.5) is 10.5 Å². The van der Waals surface area contributed by atoms with E-state index in [-0.39, 0.29) is 17.9 Å². The lowest BCUT2D eigenvalue weighted by Crippen LogP contribution is -2.48. The third-order valence-electron chi connectivity index (χ3n) is 6.14. The maximum absolute atomic E-state index is 13.2. The van der Waals surface area contributed by atoms with E-state index in [1.807, 2.05) is 31.0 Å². The lowest BCUT2D eigenvalue weighted by molar-refractivity contribution is -0.120. The summed E-state index contributed by atoms with van der Waals surface area (Å²) < 4.78 is 5.29. The Balaban J connectivity index is 1.62. The first kappa shape index (κ1) is 25.3. The van der Waals surface area contributed by atoms with Crippen LogP contribution < -0.4 is 20.5 Å². The lowest BCUT2D eigenvalue weighted by Gasteiger charge is -2.28. The van der Waals surface area contributed by atoms with Crippen LogP contribution in [0.25, 0.3) is 0 Å². The highest BCUT2D eigenvalue weighted by Gasteiger charge is 2.40. The van der Waals surface area contributed by atoms with Crippen LogP contribution in [0, 0.1) is 5.92 Å². The van der Waals surface area contributed by atoms with Crippen molar-refractivity contribution in [3.63, 3.8) is 0 Å². The van der Waals surface area contributed by atoms with Gasteiger partial charge in [0.05, 0.1) is 16.8 Å². The van der Waals surface area contributed by atoms with Gasteiger partial charge in [0.2, 0.25) is 0 Å². The number of nitrogens with zero attached hydrogens (tertiary/aromatic N) is 3. The maximum atomic E-state index is 13.2. The number of carbonyl (C=O) groups is 2. The second-order valence-electron chi connectivity index (χ2n) is 8.64. The molecular weight excluding hydrogens is 489 g/mol. The van der Waals surface area contributed by atoms with Crippen molar-refractivity contribution in [1.82, 2.24) is 15.8 Å². The van der Waals surface area contributed by atoms with E-state index in [4.69, 9.17) is 33.0 Å². The Morgan fingerprint density at radius 3 is 2.46 bits per heavy atom. The van der Waals surface area contributed by atoms with Gasteiger partial charge in [0.25, 0.3) is 5.91 Å². The summed E-state index contributed by atoms with van der Waals surface area (Å²) in [7, 11) is 0. The SMILES string of the molecule is CCNC(=O)Oc1ccc(C2C(C)C(C(=O)NN3CCCCC3)=NN2c2ccc(Cl)cc2Cl)cc1. The number of anilines is 1. The molecule has 4 rings (SSSR count). The predicted octanol–water partition coefficient (Wildman–Crippen LogP) is 5.17. The summed E-state index contributed by atoms with van der Waals surface area (Å²) in [5, 5.41) is 12.0. The molecule has 0 bridgehead atoms. The minimum atomic E-state index is -0.510. The third kappa shape index (κ3) is 5.89. The number of benzene rings is 2. The van der Waals surface area contributed by atoms with Gasteiger partial charge in [0.1, 0.15) is 11.5 Å². The van der Waals surface area contributed by atoms with Crippen LogP contribution in [-0.4, -0.2) is 42.4 Å². The molecule has 0 radical (unpaired) electrons. The molecule has 0 aliphatic carbocycles. The van der Waals surface area contributed by atoms with Gasteiger partial charge in [-0.1, -0.05) is 48.7 Å². The first-order valence-electron chi connectivity index (χ1n) is 11.8. The molecule has 10 heteroatoms. The number of hydrazine groups is 1. The van der Waals surface area contributed by atoms with E-state index in [9.17, 15) is 9.59 Å². The van der Waals surface area contributed by atoms with Crippen molar-refractivity contribution >= 4 is 46.6 Å². The molecule has 8 nitrogen and oxygen atoms in total. The van der Waals surface area contributed by atoms with Crippen LogP contribution in [0.5, 0.6) is 5.75 Å². The number of rotatable bonds is 6. The van der Waals surface area contributed by atoms with Gasteiger partial charge < -0.3 is 10.1 Å². The normalized spacial score (nSPS) is 20.3.